The van der Waals surface area contributed by atoms with E-state index in [-0.39, 0.29) is 0 Å². The topological polar surface area (TPSA) is 38.9 Å². The number of aryl methyl sites for hydroxylation is 1. The molecule has 0 amide bonds. The van der Waals surface area contributed by atoms with Gasteiger partial charge in [0.1, 0.15) is 5.01 Å². The van der Waals surface area contributed by atoms with E-state index >= 15 is 0 Å². The first kappa shape index (κ1) is 10.4. The molecule has 0 saturated carbocycles. The van der Waals surface area contributed by atoms with E-state index in [2.05, 4.69) is 17.5 Å². The fourth-order valence-electron chi connectivity index (χ4n) is 2.29. The van der Waals surface area contributed by atoms with Crippen molar-refractivity contribution in [2.45, 2.75) is 25.2 Å². The molecule has 4 heteroatoms. The van der Waals surface area contributed by atoms with E-state index in [0.29, 0.717) is 5.92 Å². The van der Waals surface area contributed by atoms with Gasteiger partial charge in [0.2, 0.25) is 0 Å². The standard InChI is InChI=1S/C12H14N2S2/c13-6-5-8-3-4-9-11(8)14-12(16-9)10-2-1-7-15-10/h1-2,7-8H,3-6,13H2. The van der Waals surface area contributed by atoms with Gasteiger partial charge in [-0.3, -0.25) is 0 Å². The quantitative estimate of drug-likeness (QED) is 0.908. The third-order valence-corrected chi connectivity index (χ3v) is 5.25. The maximum Gasteiger partial charge on any atom is 0.133 e. The minimum Gasteiger partial charge on any atom is -0.330 e. The lowest BCUT2D eigenvalue weighted by Crippen LogP contribution is -2.05. The Bertz CT molecular complexity index is 473. The maximum absolute atomic E-state index is 5.64. The molecule has 0 radical (unpaired) electrons. The summed E-state index contributed by atoms with van der Waals surface area (Å²) in [5.74, 6) is 0.616. The molecule has 1 atom stereocenters. The Morgan fingerprint density at radius 1 is 1.50 bits per heavy atom. The Labute approximate surface area is 103 Å². The van der Waals surface area contributed by atoms with Crippen molar-refractivity contribution in [2.75, 3.05) is 6.54 Å². The monoisotopic (exact) mass is 250 g/mol. The number of thiazole rings is 1. The normalized spacial score (nSPS) is 18.9. The number of thiophene rings is 1. The Hall–Kier alpha value is -0.710. The lowest BCUT2D eigenvalue weighted by molar-refractivity contribution is 0.616. The van der Waals surface area contributed by atoms with Crippen LogP contribution in [0.15, 0.2) is 17.5 Å². The van der Waals surface area contributed by atoms with Gasteiger partial charge in [-0.1, -0.05) is 6.07 Å². The van der Waals surface area contributed by atoms with Gasteiger partial charge in [0.25, 0.3) is 0 Å². The molecule has 0 bridgehead atoms. The van der Waals surface area contributed by atoms with E-state index in [0.717, 1.165) is 13.0 Å². The van der Waals surface area contributed by atoms with Gasteiger partial charge < -0.3 is 5.73 Å². The predicted octanol–water partition coefficient (Wildman–Crippen LogP) is 3.25. The van der Waals surface area contributed by atoms with Crippen LogP contribution in [0.4, 0.5) is 0 Å². The minimum absolute atomic E-state index is 0.616. The molecule has 1 unspecified atom stereocenters. The van der Waals surface area contributed by atoms with E-state index in [4.69, 9.17) is 10.7 Å². The van der Waals surface area contributed by atoms with Crippen LogP contribution in [0.25, 0.3) is 9.88 Å². The average Bonchev–Trinajstić information content (AvgIpc) is 2.93. The molecular formula is C12H14N2S2. The molecule has 0 spiro atoms. The van der Waals surface area contributed by atoms with Crippen LogP contribution in [-0.2, 0) is 6.42 Å². The van der Waals surface area contributed by atoms with Gasteiger partial charge in [-0.25, -0.2) is 4.98 Å². The number of hydrogen-bond acceptors (Lipinski definition) is 4. The van der Waals surface area contributed by atoms with E-state index in [1.807, 2.05) is 11.3 Å². The average molecular weight is 250 g/mol. The van der Waals surface area contributed by atoms with Crippen molar-refractivity contribution in [2.24, 2.45) is 5.73 Å². The van der Waals surface area contributed by atoms with Crippen molar-refractivity contribution < 1.29 is 0 Å². The second-order valence-electron chi connectivity index (χ2n) is 4.12. The van der Waals surface area contributed by atoms with Crippen molar-refractivity contribution in [1.29, 1.82) is 0 Å². The number of hydrogen-bond donors (Lipinski definition) is 1. The molecule has 2 N–H and O–H groups in total. The summed E-state index contributed by atoms with van der Waals surface area (Å²) in [4.78, 5) is 7.59. The van der Waals surface area contributed by atoms with Crippen molar-refractivity contribution in [3.05, 3.63) is 28.1 Å². The first-order valence-electron chi connectivity index (χ1n) is 5.62. The lowest BCUT2D eigenvalue weighted by atomic mass is 10.0. The Kier molecular flexibility index (Phi) is 2.79. The molecule has 0 saturated heterocycles. The van der Waals surface area contributed by atoms with Crippen LogP contribution in [-0.4, -0.2) is 11.5 Å². The summed E-state index contributed by atoms with van der Waals surface area (Å²) < 4.78 is 0. The van der Waals surface area contributed by atoms with Gasteiger partial charge in [-0.15, -0.1) is 22.7 Å². The van der Waals surface area contributed by atoms with Crippen molar-refractivity contribution in [1.82, 2.24) is 4.98 Å². The molecule has 0 aromatic carbocycles. The van der Waals surface area contributed by atoms with E-state index < -0.39 is 0 Å². The molecule has 2 nitrogen and oxygen atoms in total. The highest BCUT2D eigenvalue weighted by molar-refractivity contribution is 7.21. The molecule has 1 aliphatic carbocycles. The van der Waals surface area contributed by atoms with Gasteiger partial charge in [0.05, 0.1) is 10.6 Å². The second kappa shape index (κ2) is 4.28. The lowest BCUT2D eigenvalue weighted by Gasteiger charge is -2.05. The zero-order valence-electron chi connectivity index (χ0n) is 8.98. The number of aromatic nitrogens is 1. The molecule has 84 valence electrons. The smallest absolute Gasteiger partial charge is 0.133 e. The summed E-state index contributed by atoms with van der Waals surface area (Å²) in [7, 11) is 0. The number of fused-ring (bicyclic) bond motifs is 1. The van der Waals surface area contributed by atoms with Crippen LogP contribution < -0.4 is 5.73 Å². The minimum atomic E-state index is 0.616. The van der Waals surface area contributed by atoms with Crippen LogP contribution in [0, 0.1) is 0 Å². The Balaban J connectivity index is 1.93. The van der Waals surface area contributed by atoms with Gasteiger partial charge >= 0.3 is 0 Å². The first-order valence-corrected chi connectivity index (χ1v) is 7.31. The van der Waals surface area contributed by atoms with E-state index in [1.54, 1.807) is 11.3 Å². The molecule has 2 heterocycles. The molecule has 0 aliphatic heterocycles. The summed E-state index contributed by atoms with van der Waals surface area (Å²) in [6, 6.07) is 4.24. The van der Waals surface area contributed by atoms with Crippen molar-refractivity contribution in [3.63, 3.8) is 0 Å². The summed E-state index contributed by atoms with van der Waals surface area (Å²) in [5.41, 5.74) is 6.98. The van der Waals surface area contributed by atoms with Crippen molar-refractivity contribution in [3.8, 4) is 9.88 Å². The first-order chi connectivity index (χ1) is 7.88. The van der Waals surface area contributed by atoms with Crippen LogP contribution in [0.1, 0.15) is 29.3 Å². The van der Waals surface area contributed by atoms with Crippen LogP contribution in [0.5, 0.6) is 0 Å². The Morgan fingerprint density at radius 2 is 2.44 bits per heavy atom. The second-order valence-corrected chi connectivity index (χ2v) is 6.15. The molecule has 2 aromatic heterocycles. The van der Waals surface area contributed by atoms with Crippen molar-refractivity contribution >= 4 is 22.7 Å². The largest absolute Gasteiger partial charge is 0.330 e. The van der Waals surface area contributed by atoms with Crippen LogP contribution in [0.3, 0.4) is 0 Å². The maximum atomic E-state index is 5.64. The number of nitrogens with zero attached hydrogens (tertiary/aromatic N) is 1. The summed E-state index contributed by atoms with van der Waals surface area (Å²) in [6.45, 7) is 0.774. The van der Waals surface area contributed by atoms with Gasteiger partial charge in [-0.2, -0.15) is 0 Å². The molecule has 16 heavy (non-hydrogen) atoms. The van der Waals surface area contributed by atoms with Gasteiger partial charge in [0, 0.05) is 10.8 Å². The van der Waals surface area contributed by atoms with E-state index in [1.165, 1.54) is 33.3 Å². The predicted molar refractivity (Wildman–Crippen MR) is 70.2 cm³/mol. The van der Waals surface area contributed by atoms with Gasteiger partial charge in [-0.05, 0) is 37.3 Å². The third kappa shape index (κ3) is 1.71. The number of nitrogens with two attached hydrogens (primary N) is 1. The zero-order chi connectivity index (χ0) is 11.0. The van der Waals surface area contributed by atoms with Crippen LogP contribution >= 0.6 is 22.7 Å². The summed E-state index contributed by atoms with van der Waals surface area (Å²) in [6.07, 6.45) is 3.53. The molecular weight excluding hydrogens is 236 g/mol. The molecule has 1 aliphatic rings. The molecule has 2 aromatic rings. The number of rotatable bonds is 3. The summed E-state index contributed by atoms with van der Waals surface area (Å²) in [5, 5.41) is 3.31. The zero-order valence-corrected chi connectivity index (χ0v) is 10.6. The van der Waals surface area contributed by atoms with Gasteiger partial charge in [0.15, 0.2) is 0 Å². The SMILES string of the molecule is NCCC1CCc2sc(-c3cccs3)nc21. The molecule has 0 fully saturated rings. The molecule has 3 rings (SSSR count). The van der Waals surface area contributed by atoms with Crippen LogP contribution in [0.2, 0.25) is 0 Å². The highest BCUT2D eigenvalue weighted by Crippen LogP contribution is 2.41. The highest BCUT2D eigenvalue weighted by Gasteiger charge is 2.26. The highest BCUT2D eigenvalue weighted by atomic mass is 32.1. The third-order valence-electron chi connectivity index (χ3n) is 3.08. The Morgan fingerprint density at radius 3 is 3.19 bits per heavy atom. The summed E-state index contributed by atoms with van der Waals surface area (Å²) >= 11 is 3.64. The van der Waals surface area contributed by atoms with E-state index in [9.17, 15) is 0 Å². The fraction of sp³-hybridized carbons (Fsp3) is 0.417. The fourth-order valence-corrected chi connectivity index (χ4v) is 4.25.